The number of nitrogens with zero attached hydrogens (tertiary/aromatic N) is 3. The highest BCUT2D eigenvalue weighted by Crippen LogP contribution is 2.27. The molecule has 0 aliphatic heterocycles. The highest BCUT2D eigenvalue weighted by molar-refractivity contribution is 6.05. The van der Waals surface area contributed by atoms with E-state index in [1.807, 2.05) is 6.07 Å². The van der Waals surface area contributed by atoms with E-state index in [-0.39, 0.29) is 24.7 Å². The van der Waals surface area contributed by atoms with Gasteiger partial charge < -0.3 is 20.1 Å². The summed E-state index contributed by atoms with van der Waals surface area (Å²) in [4.78, 5) is 42.5. The van der Waals surface area contributed by atoms with Gasteiger partial charge in [0.25, 0.3) is 11.5 Å². The molecule has 2 amide bonds. The third-order valence-corrected chi connectivity index (χ3v) is 5.26. The fraction of sp³-hybridized carbons (Fsp3) is 0.160. The maximum Gasteiger partial charge on any atom is 0.279 e. The smallest absolute Gasteiger partial charge is 0.279 e. The minimum atomic E-state index is -0.598. The average Bonchev–Trinajstić information content (AvgIpc) is 2.91. The van der Waals surface area contributed by atoms with Crippen molar-refractivity contribution >= 4 is 22.6 Å². The van der Waals surface area contributed by atoms with Gasteiger partial charge in [0.05, 0.1) is 26.2 Å². The minimum Gasteiger partial charge on any atom is -0.497 e. The zero-order valence-electron chi connectivity index (χ0n) is 19.1. The van der Waals surface area contributed by atoms with Crippen LogP contribution in [0.5, 0.6) is 11.5 Å². The van der Waals surface area contributed by atoms with Crippen molar-refractivity contribution in [1.29, 1.82) is 0 Å². The van der Waals surface area contributed by atoms with Crippen molar-refractivity contribution < 1.29 is 19.1 Å². The molecule has 0 saturated heterocycles. The highest BCUT2D eigenvalue weighted by atomic mass is 16.5. The Morgan fingerprint density at radius 1 is 0.971 bits per heavy atom. The number of aromatic nitrogens is 3. The van der Waals surface area contributed by atoms with Crippen LogP contribution in [-0.4, -0.2) is 47.3 Å². The van der Waals surface area contributed by atoms with Gasteiger partial charge in [0, 0.05) is 30.4 Å². The summed E-state index contributed by atoms with van der Waals surface area (Å²) in [6.07, 6.45) is 3.29. The summed E-state index contributed by atoms with van der Waals surface area (Å²) in [6, 6.07) is 15.2. The first-order valence-electron chi connectivity index (χ1n) is 10.7. The lowest BCUT2D eigenvalue weighted by Gasteiger charge is -2.14. The molecule has 10 nitrogen and oxygen atoms in total. The predicted octanol–water partition coefficient (Wildman–Crippen LogP) is 1.84. The van der Waals surface area contributed by atoms with Gasteiger partial charge >= 0.3 is 0 Å². The van der Waals surface area contributed by atoms with Crippen LogP contribution >= 0.6 is 0 Å². The Morgan fingerprint density at radius 2 is 1.77 bits per heavy atom. The monoisotopic (exact) mass is 473 g/mol. The summed E-state index contributed by atoms with van der Waals surface area (Å²) < 4.78 is 11.7. The molecular formula is C25H23N5O5. The van der Waals surface area contributed by atoms with Crippen molar-refractivity contribution in [2.24, 2.45) is 0 Å². The van der Waals surface area contributed by atoms with Crippen LogP contribution in [-0.2, 0) is 11.3 Å². The summed E-state index contributed by atoms with van der Waals surface area (Å²) >= 11 is 0. The molecule has 0 aliphatic carbocycles. The minimum absolute atomic E-state index is 0.00173. The highest BCUT2D eigenvalue weighted by Gasteiger charge is 2.20. The van der Waals surface area contributed by atoms with Gasteiger partial charge in [0.2, 0.25) is 5.91 Å². The van der Waals surface area contributed by atoms with E-state index in [4.69, 9.17) is 9.47 Å². The van der Waals surface area contributed by atoms with Crippen molar-refractivity contribution in [3.63, 3.8) is 0 Å². The number of fused-ring (bicyclic) bond motifs is 1. The second-order valence-electron chi connectivity index (χ2n) is 7.47. The third kappa shape index (κ3) is 5.11. The number of methoxy groups -OCH3 is 2. The Kier molecular flexibility index (Phi) is 7.01. The van der Waals surface area contributed by atoms with Gasteiger partial charge in [-0.15, -0.1) is 0 Å². The van der Waals surface area contributed by atoms with Crippen molar-refractivity contribution in [2.45, 2.75) is 6.54 Å². The maximum absolute atomic E-state index is 13.2. The number of hydrogen-bond donors (Lipinski definition) is 2. The van der Waals surface area contributed by atoms with Gasteiger partial charge in [-0.05, 0) is 29.8 Å². The average molecular weight is 473 g/mol. The van der Waals surface area contributed by atoms with E-state index >= 15 is 0 Å². The van der Waals surface area contributed by atoms with E-state index in [9.17, 15) is 14.4 Å². The molecule has 35 heavy (non-hydrogen) atoms. The van der Waals surface area contributed by atoms with Crippen LogP contribution in [0.3, 0.4) is 0 Å². The van der Waals surface area contributed by atoms with E-state index in [1.54, 1.807) is 60.9 Å². The Labute approximate surface area is 200 Å². The standard InChI is InChI=1S/C25H23N5O5/c1-34-17-9-10-20(21(12-17)35-2)30-25(33)19-8-4-3-7-18(19)23(29-30)24(32)28-15-22(31)27-14-16-6-5-11-26-13-16/h3-13H,14-15H2,1-2H3,(H,27,31)(H,28,32). The lowest BCUT2D eigenvalue weighted by molar-refractivity contribution is -0.120. The molecule has 4 aromatic rings. The van der Waals surface area contributed by atoms with Crippen LogP contribution in [0.4, 0.5) is 0 Å². The van der Waals surface area contributed by atoms with E-state index in [1.165, 1.54) is 14.2 Å². The van der Waals surface area contributed by atoms with Gasteiger partial charge in [-0.25, -0.2) is 0 Å². The number of rotatable bonds is 8. The van der Waals surface area contributed by atoms with Crippen molar-refractivity contribution in [2.75, 3.05) is 20.8 Å². The second-order valence-corrected chi connectivity index (χ2v) is 7.47. The zero-order chi connectivity index (χ0) is 24.8. The van der Waals surface area contributed by atoms with Crippen molar-refractivity contribution in [3.8, 4) is 17.2 Å². The van der Waals surface area contributed by atoms with Crippen LogP contribution in [0.15, 0.2) is 71.8 Å². The molecule has 0 unspecified atom stereocenters. The number of hydrogen-bond acceptors (Lipinski definition) is 7. The molecule has 2 aromatic carbocycles. The summed E-state index contributed by atoms with van der Waals surface area (Å²) in [7, 11) is 2.98. The lowest BCUT2D eigenvalue weighted by atomic mass is 10.1. The number of benzene rings is 2. The molecule has 0 bridgehead atoms. The first kappa shape index (κ1) is 23.4. The number of amides is 2. The zero-order valence-corrected chi connectivity index (χ0v) is 19.1. The topological polar surface area (TPSA) is 124 Å². The normalized spacial score (nSPS) is 10.6. The molecule has 0 saturated carbocycles. The van der Waals surface area contributed by atoms with Crippen molar-refractivity contribution in [1.82, 2.24) is 25.4 Å². The molecule has 4 rings (SSSR count). The summed E-state index contributed by atoms with van der Waals surface area (Å²) in [5.74, 6) is -0.0966. The van der Waals surface area contributed by atoms with Crippen LogP contribution in [0.25, 0.3) is 16.5 Å². The number of carbonyl (C=O) groups is 2. The molecule has 10 heteroatoms. The first-order valence-corrected chi connectivity index (χ1v) is 10.7. The Hall–Kier alpha value is -4.73. The van der Waals surface area contributed by atoms with Crippen LogP contribution in [0, 0.1) is 0 Å². The molecule has 0 aliphatic rings. The number of pyridine rings is 1. The predicted molar refractivity (Wildman–Crippen MR) is 129 cm³/mol. The molecule has 0 radical (unpaired) electrons. The number of nitrogens with one attached hydrogen (secondary N) is 2. The summed E-state index contributed by atoms with van der Waals surface area (Å²) in [6.45, 7) is 0.0198. The lowest BCUT2D eigenvalue weighted by Crippen LogP contribution is -2.38. The molecule has 2 heterocycles. The fourth-order valence-electron chi connectivity index (χ4n) is 3.49. The molecule has 2 N–H and O–H groups in total. The Balaban J connectivity index is 1.62. The van der Waals surface area contributed by atoms with Crippen molar-refractivity contribution in [3.05, 3.63) is 88.6 Å². The van der Waals surface area contributed by atoms with Crippen LogP contribution in [0.1, 0.15) is 16.1 Å². The maximum atomic E-state index is 13.2. The molecule has 0 fully saturated rings. The first-order chi connectivity index (χ1) is 17.0. The van der Waals surface area contributed by atoms with Gasteiger partial charge in [-0.1, -0.05) is 24.3 Å². The molecular weight excluding hydrogens is 450 g/mol. The molecule has 0 spiro atoms. The van der Waals surface area contributed by atoms with E-state index in [0.29, 0.717) is 28.0 Å². The van der Waals surface area contributed by atoms with Crippen LogP contribution < -0.4 is 25.7 Å². The fourth-order valence-corrected chi connectivity index (χ4v) is 3.49. The van der Waals surface area contributed by atoms with Gasteiger partial charge in [-0.2, -0.15) is 9.78 Å². The Morgan fingerprint density at radius 3 is 2.49 bits per heavy atom. The number of carbonyl (C=O) groups excluding carboxylic acids is 2. The molecule has 2 aromatic heterocycles. The third-order valence-electron chi connectivity index (χ3n) is 5.26. The van der Waals surface area contributed by atoms with Crippen LogP contribution in [0.2, 0.25) is 0 Å². The van der Waals surface area contributed by atoms with E-state index in [0.717, 1.165) is 10.2 Å². The Bertz CT molecular complexity index is 1440. The van der Waals surface area contributed by atoms with Gasteiger partial charge in [-0.3, -0.25) is 19.4 Å². The molecule has 0 atom stereocenters. The number of ether oxygens (including phenoxy) is 2. The summed E-state index contributed by atoms with van der Waals surface area (Å²) in [5.41, 5.74) is 0.751. The second kappa shape index (κ2) is 10.5. The molecule has 178 valence electrons. The largest absolute Gasteiger partial charge is 0.497 e. The van der Waals surface area contributed by atoms with E-state index < -0.39 is 11.5 Å². The quantitative estimate of drug-likeness (QED) is 0.400. The SMILES string of the molecule is COc1ccc(-n2nc(C(=O)NCC(=O)NCc3cccnc3)c3ccccc3c2=O)c(OC)c1. The van der Waals surface area contributed by atoms with E-state index in [2.05, 4.69) is 20.7 Å². The summed E-state index contributed by atoms with van der Waals surface area (Å²) in [5, 5.41) is 10.3. The van der Waals surface area contributed by atoms with Gasteiger partial charge in [0.1, 0.15) is 17.2 Å². The van der Waals surface area contributed by atoms with Gasteiger partial charge in [0.15, 0.2) is 5.69 Å².